The van der Waals surface area contributed by atoms with Gasteiger partial charge >= 0.3 is 0 Å². The van der Waals surface area contributed by atoms with E-state index in [-0.39, 0.29) is 0 Å². The molecule has 0 spiro atoms. The Morgan fingerprint density at radius 2 is 1.60 bits per heavy atom. The first-order valence-corrected chi connectivity index (χ1v) is 10.3. The Bertz CT molecular complexity index is 907. The number of benzene rings is 2. The number of pyridine rings is 1. The zero-order valence-electron chi connectivity index (χ0n) is 17.2. The van der Waals surface area contributed by atoms with Crippen LogP contribution in [0.5, 0.6) is 0 Å². The second-order valence-corrected chi connectivity index (χ2v) is 6.91. The van der Waals surface area contributed by atoms with Crippen LogP contribution in [0.3, 0.4) is 0 Å². The van der Waals surface area contributed by atoms with Crippen molar-refractivity contribution in [2.24, 2.45) is 5.10 Å². The minimum absolute atomic E-state index is 0.694. The smallest absolute Gasteiger partial charge is 0.112 e. The Labute approximate surface area is 179 Å². The van der Waals surface area contributed by atoms with Crippen molar-refractivity contribution >= 4 is 11.8 Å². The highest BCUT2D eigenvalue weighted by Gasteiger charge is 2.03. The van der Waals surface area contributed by atoms with Gasteiger partial charge in [0.2, 0.25) is 0 Å². The third-order valence-electron chi connectivity index (χ3n) is 4.58. The monoisotopic (exact) mass is 396 g/mol. The molecule has 0 radical (unpaired) electrons. The molecule has 0 aliphatic carbocycles. The Morgan fingerprint density at radius 1 is 0.900 bits per heavy atom. The largest absolute Gasteiger partial charge is 0.371 e. The van der Waals surface area contributed by atoms with E-state index in [1.54, 1.807) is 18.6 Å². The fourth-order valence-corrected chi connectivity index (χ4v) is 3.07. The molecule has 4 nitrogen and oxygen atoms in total. The summed E-state index contributed by atoms with van der Waals surface area (Å²) in [5.74, 6) is 0.694. The van der Waals surface area contributed by atoms with Crippen LogP contribution in [0.4, 0.5) is 0 Å². The van der Waals surface area contributed by atoms with Crippen LogP contribution in [0.25, 0.3) is 5.57 Å². The maximum atomic E-state index is 4.16. The highest BCUT2D eigenvalue weighted by molar-refractivity contribution is 5.79. The van der Waals surface area contributed by atoms with Gasteiger partial charge in [-0.05, 0) is 42.0 Å². The molecule has 3 aromatic rings. The second kappa shape index (κ2) is 12.0. The first-order valence-electron chi connectivity index (χ1n) is 10.3. The molecule has 30 heavy (non-hydrogen) atoms. The number of rotatable bonds is 11. The van der Waals surface area contributed by atoms with E-state index in [0.29, 0.717) is 5.82 Å². The first kappa shape index (κ1) is 21.1. The third-order valence-corrected chi connectivity index (χ3v) is 4.58. The minimum Gasteiger partial charge on any atom is -0.371 e. The summed E-state index contributed by atoms with van der Waals surface area (Å²) in [4.78, 5) is 4.05. The Morgan fingerprint density at radius 3 is 2.23 bits per heavy atom. The number of hydrogen-bond acceptors (Lipinski definition) is 4. The molecule has 0 amide bonds. The van der Waals surface area contributed by atoms with Crippen molar-refractivity contribution in [3.05, 3.63) is 120 Å². The lowest BCUT2D eigenvalue weighted by molar-refractivity contribution is 0.650. The molecular weight excluding hydrogens is 368 g/mol. The molecule has 3 rings (SSSR count). The van der Waals surface area contributed by atoms with Crippen LogP contribution in [0.2, 0.25) is 0 Å². The molecule has 0 aliphatic heterocycles. The highest BCUT2D eigenvalue weighted by atomic mass is 15.3. The van der Waals surface area contributed by atoms with E-state index in [2.05, 4.69) is 94.1 Å². The highest BCUT2D eigenvalue weighted by Crippen LogP contribution is 2.24. The number of aromatic nitrogens is 1. The number of allylic oxidation sites excluding steroid dienone is 1. The van der Waals surface area contributed by atoms with Gasteiger partial charge in [-0.15, -0.1) is 0 Å². The van der Waals surface area contributed by atoms with E-state index in [4.69, 9.17) is 0 Å². The maximum Gasteiger partial charge on any atom is 0.112 e. The van der Waals surface area contributed by atoms with Gasteiger partial charge in [-0.25, -0.2) is 0 Å². The number of nitrogens with zero attached hydrogens (tertiary/aromatic N) is 2. The lowest BCUT2D eigenvalue weighted by atomic mass is 9.96. The van der Waals surface area contributed by atoms with Crippen molar-refractivity contribution in [2.45, 2.75) is 19.3 Å². The Hall–Kier alpha value is -3.66. The van der Waals surface area contributed by atoms with Crippen LogP contribution in [-0.2, 0) is 0 Å². The molecule has 0 unspecified atom stereocenters. The summed E-state index contributed by atoms with van der Waals surface area (Å²) in [5, 5.41) is 7.43. The molecule has 2 aromatic carbocycles. The number of unbranched alkanes of at least 4 members (excludes halogenated alkanes) is 2. The quantitative estimate of drug-likeness (QED) is 0.260. The van der Waals surface area contributed by atoms with E-state index < -0.39 is 0 Å². The average Bonchev–Trinajstić information content (AvgIpc) is 2.80. The third kappa shape index (κ3) is 7.06. The molecule has 152 valence electrons. The number of hydrazone groups is 1. The Balaban J connectivity index is 1.42. The van der Waals surface area contributed by atoms with E-state index in [1.165, 1.54) is 16.7 Å². The van der Waals surface area contributed by atoms with Crippen molar-refractivity contribution in [1.82, 2.24) is 15.7 Å². The molecule has 0 saturated carbocycles. The molecule has 4 heteroatoms. The first-order chi connectivity index (χ1) is 14.8. The molecule has 2 N–H and O–H groups in total. The van der Waals surface area contributed by atoms with E-state index in [9.17, 15) is 0 Å². The summed E-state index contributed by atoms with van der Waals surface area (Å²) in [7, 11) is 0. The van der Waals surface area contributed by atoms with Gasteiger partial charge in [0, 0.05) is 24.5 Å². The van der Waals surface area contributed by atoms with Gasteiger partial charge in [0.25, 0.3) is 0 Å². The summed E-state index contributed by atoms with van der Waals surface area (Å²) in [5.41, 5.74) is 7.65. The van der Waals surface area contributed by atoms with Crippen LogP contribution >= 0.6 is 0 Å². The summed E-state index contributed by atoms with van der Waals surface area (Å²) < 4.78 is 0. The predicted molar refractivity (Wildman–Crippen MR) is 126 cm³/mol. The lowest BCUT2D eigenvalue weighted by Gasteiger charge is -2.10. The van der Waals surface area contributed by atoms with E-state index >= 15 is 0 Å². The summed E-state index contributed by atoms with van der Waals surface area (Å²) >= 11 is 0. The van der Waals surface area contributed by atoms with Crippen LogP contribution in [-0.4, -0.2) is 17.7 Å². The lowest BCUT2D eigenvalue weighted by Crippen LogP contribution is -2.22. The standard InChI is InChI=1S/C26H28N4/c1-22(30-29-21-23-12-11-18-27-20-23)28-19-10-4-9-17-26(24-13-5-2-6-14-24)25-15-7-3-8-16-25/h2-3,5-8,11-18,20-21,28,30H,1,4,9-10,19H2/b29-21+. The number of nitrogens with one attached hydrogen (secondary N) is 2. The maximum absolute atomic E-state index is 4.16. The van der Waals surface area contributed by atoms with Crippen molar-refractivity contribution in [1.29, 1.82) is 0 Å². The van der Waals surface area contributed by atoms with Crippen molar-refractivity contribution in [3.63, 3.8) is 0 Å². The van der Waals surface area contributed by atoms with Gasteiger partial charge in [0.05, 0.1) is 6.21 Å². The minimum atomic E-state index is 0.694. The van der Waals surface area contributed by atoms with Crippen molar-refractivity contribution in [2.75, 3.05) is 6.54 Å². The van der Waals surface area contributed by atoms with Crippen LogP contribution in [0.1, 0.15) is 36.0 Å². The van der Waals surface area contributed by atoms with Crippen molar-refractivity contribution in [3.8, 4) is 0 Å². The van der Waals surface area contributed by atoms with Crippen LogP contribution in [0, 0.1) is 0 Å². The topological polar surface area (TPSA) is 49.3 Å². The fourth-order valence-electron chi connectivity index (χ4n) is 3.07. The number of hydrogen-bond donors (Lipinski definition) is 2. The Kier molecular flexibility index (Phi) is 8.44. The molecular formula is C26H28N4. The average molecular weight is 397 g/mol. The fraction of sp³-hybridized carbons (Fsp3) is 0.154. The van der Waals surface area contributed by atoms with Gasteiger partial charge in [-0.1, -0.05) is 79.4 Å². The molecule has 0 saturated heterocycles. The summed E-state index contributed by atoms with van der Waals surface area (Å²) in [6.45, 7) is 4.80. The molecule has 0 aliphatic rings. The zero-order chi connectivity index (χ0) is 20.9. The molecule has 0 atom stereocenters. The molecule has 1 heterocycles. The van der Waals surface area contributed by atoms with E-state index in [1.807, 2.05) is 12.1 Å². The second-order valence-electron chi connectivity index (χ2n) is 6.91. The molecule has 1 aromatic heterocycles. The van der Waals surface area contributed by atoms with E-state index in [0.717, 1.165) is 31.4 Å². The molecule has 0 bridgehead atoms. The van der Waals surface area contributed by atoms with Gasteiger partial charge in [0.15, 0.2) is 0 Å². The SMILES string of the molecule is C=C(NCCCCC=C(c1ccccc1)c1ccccc1)N/N=C/c1cccnc1. The summed E-state index contributed by atoms with van der Waals surface area (Å²) in [6, 6.07) is 25.0. The van der Waals surface area contributed by atoms with Gasteiger partial charge in [-0.2, -0.15) is 5.10 Å². The van der Waals surface area contributed by atoms with Crippen LogP contribution in [0.15, 0.2) is 109 Å². The van der Waals surface area contributed by atoms with Crippen molar-refractivity contribution < 1.29 is 0 Å². The zero-order valence-corrected chi connectivity index (χ0v) is 17.2. The summed E-state index contributed by atoms with van der Waals surface area (Å²) in [6.07, 6.45) is 10.7. The van der Waals surface area contributed by atoms with Gasteiger partial charge < -0.3 is 5.32 Å². The predicted octanol–water partition coefficient (Wildman–Crippen LogP) is 5.37. The molecule has 0 fully saturated rings. The van der Waals surface area contributed by atoms with Crippen LogP contribution < -0.4 is 10.7 Å². The van der Waals surface area contributed by atoms with Gasteiger partial charge in [-0.3, -0.25) is 10.4 Å². The normalized spacial score (nSPS) is 10.5. The van der Waals surface area contributed by atoms with Gasteiger partial charge in [0.1, 0.15) is 5.82 Å².